The molecule has 0 saturated carbocycles. The molecule has 1 aliphatic rings. The van der Waals surface area contributed by atoms with Crippen molar-refractivity contribution < 1.29 is 13.5 Å². The van der Waals surface area contributed by atoms with Crippen LogP contribution in [0.3, 0.4) is 0 Å². The Balaban J connectivity index is 2.28. The van der Waals surface area contributed by atoms with Crippen molar-refractivity contribution in [3.63, 3.8) is 0 Å². The summed E-state index contributed by atoms with van der Waals surface area (Å²) in [5.74, 6) is -1.01. The molecule has 16 heavy (non-hydrogen) atoms. The van der Waals surface area contributed by atoms with Crippen LogP contribution in [0.25, 0.3) is 0 Å². The molecule has 0 spiro atoms. The van der Waals surface area contributed by atoms with Crippen molar-refractivity contribution in [1.82, 2.24) is 0 Å². The van der Waals surface area contributed by atoms with Crippen LogP contribution in [-0.4, -0.2) is 12.7 Å². The van der Waals surface area contributed by atoms with Crippen LogP contribution < -0.4 is 5.73 Å². The lowest BCUT2D eigenvalue weighted by Crippen LogP contribution is -2.26. The monoisotopic (exact) mass is 291 g/mol. The molecule has 2 nitrogen and oxygen atoms in total. The Morgan fingerprint density at radius 3 is 2.75 bits per heavy atom. The van der Waals surface area contributed by atoms with Gasteiger partial charge < -0.3 is 10.5 Å². The fourth-order valence-electron chi connectivity index (χ4n) is 1.88. The molecule has 5 heteroatoms. The lowest BCUT2D eigenvalue weighted by atomic mass is 10.00. The van der Waals surface area contributed by atoms with E-state index in [0.29, 0.717) is 6.61 Å². The normalized spacial score (nSPS) is 22.4. The molecule has 1 aromatic carbocycles. The van der Waals surface area contributed by atoms with Gasteiger partial charge in [0.05, 0.1) is 16.6 Å². The molecule has 1 aliphatic heterocycles. The number of benzene rings is 1. The van der Waals surface area contributed by atoms with E-state index in [0.717, 1.165) is 25.0 Å². The number of rotatable bonds is 2. The average Bonchev–Trinajstić information content (AvgIpc) is 2.75. The predicted molar refractivity (Wildman–Crippen MR) is 60.0 cm³/mol. The fraction of sp³-hybridized carbons (Fsp3) is 0.455. The highest BCUT2D eigenvalue weighted by molar-refractivity contribution is 9.10. The van der Waals surface area contributed by atoms with E-state index in [1.54, 1.807) is 0 Å². The van der Waals surface area contributed by atoms with Crippen molar-refractivity contribution in [2.24, 2.45) is 5.73 Å². The smallest absolute Gasteiger partial charge is 0.137 e. The SMILES string of the molecule is NC(c1cc(F)c(Br)cc1F)C1CCCO1. The summed E-state index contributed by atoms with van der Waals surface area (Å²) >= 11 is 2.93. The zero-order valence-electron chi connectivity index (χ0n) is 8.55. The second-order valence-corrected chi connectivity index (χ2v) is 4.72. The van der Waals surface area contributed by atoms with E-state index < -0.39 is 17.7 Å². The molecular weight excluding hydrogens is 280 g/mol. The van der Waals surface area contributed by atoms with Crippen molar-refractivity contribution >= 4 is 15.9 Å². The van der Waals surface area contributed by atoms with E-state index in [4.69, 9.17) is 10.5 Å². The highest BCUT2D eigenvalue weighted by atomic mass is 79.9. The van der Waals surface area contributed by atoms with Crippen molar-refractivity contribution in [2.75, 3.05) is 6.61 Å². The van der Waals surface area contributed by atoms with Crippen molar-refractivity contribution in [1.29, 1.82) is 0 Å². The van der Waals surface area contributed by atoms with E-state index in [1.807, 2.05) is 0 Å². The Hall–Kier alpha value is -0.520. The van der Waals surface area contributed by atoms with Crippen LogP contribution in [0, 0.1) is 11.6 Å². The van der Waals surface area contributed by atoms with Gasteiger partial charge in [-0.25, -0.2) is 8.78 Å². The van der Waals surface area contributed by atoms with E-state index in [1.165, 1.54) is 0 Å². The lowest BCUT2D eigenvalue weighted by molar-refractivity contribution is 0.0889. The van der Waals surface area contributed by atoms with Gasteiger partial charge in [-0.3, -0.25) is 0 Å². The summed E-state index contributed by atoms with van der Waals surface area (Å²) < 4.78 is 32.4. The molecule has 2 rings (SSSR count). The summed E-state index contributed by atoms with van der Waals surface area (Å²) in [4.78, 5) is 0. The van der Waals surface area contributed by atoms with Crippen LogP contribution in [-0.2, 0) is 4.74 Å². The van der Waals surface area contributed by atoms with E-state index in [2.05, 4.69) is 15.9 Å². The molecule has 0 aliphatic carbocycles. The van der Waals surface area contributed by atoms with Crippen LogP contribution in [0.5, 0.6) is 0 Å². The third-order valence-corrected chi connectivity index (χ3v) is 3.37. The maximum absolute atomic E-state index is 13.6. The second-order valence-electron chi connectivity index (χ2n) is 3.87. The van der Waals surface area contributed by atoms with Crippen molar-refractivity contribution in [2.45, 2.75) is 25.0 Å². The molecule has 1 aromatic rings. The van der Waals surface area contributed by atoms with E-state index in [-0.39, 0.29) is 16.1 Å². The first-order valence-corrected chi connectivity index (χ1v) is 5.90. The third-order valence-electron chi connectivity index (χ3n) is 2.76. The zero-order valence-corrected chi connectivity index (χ0v) is 10.1. The first kappa shape index (κ1) is 12.0. The van der Waals surface area contributed by atoms with Gasteiger partial charge in [-0.1, -0.05) is 0 Å². The Bertz CT molecular complexity index is 394. The van der Waals surface area contributed by atoms with Crippen LogP contribution in [0.1, 0.15) is 24.4 Å². The van der Waals surface area contributed by atoms with Gasteiger partial charge in [-0.15, -0.1) is 0 Å². The number of halogens is 3. The molecule has 0 amide bonds. The van der Waals surface area contributed by atoms with Crippen LogP contribution in [0.2, 0.25) is 0 Å². The van der Waals surface area contributed by atoms with Crippen LogP contribution in [0.15, 0.2) is 16.6 Å². The standard InChI is InChI=1S/C11H12BrF2NO/c12-7-5-8(13)6(4-9(7)14)11(15)10-2-1-3-16-10/h4-5,10-11H,1-3,15H2. The van der Waals surface area contributed by atoms with Crippen molar-refractivity contribution in [3.8, 4) is 0 Å². The minimum atomic E-state index is -0.606. The van der Waals surface area contributed by atoms with E-state index >= 15 is 0 Å². The lowest BCUT2D eigenvalue weighted by Gasteiger charge is -2.19. The summed E-state index contributed by atoms with van der Waals surface area (Å²) in [7, 11) is 0. The molecule has 1 heterocycles. The van der Waals surface area contributed by atoms with Gasteiger partial charge in [0, 0.05) is 12.2 Å². The molecule has 88 valence electrons. The average molecular weight is 292 g/mol. The largest absolute Gasteiger partial charge is 0.376 e. The summed E-state index contributed by atoms with van der Waals surface area (Å²) in [6.45, 7) is 0.638. The predicted octanol–water partition coefficient (Wildman–Crippen LogP) is 2.91. The molecular formula is C11H12BrF2NO. The molecule has 2 atom stereocenters. The van der Waals surface area contributed by atoms with Gasteiger partial charge in [0.25, 0.3) is 0 Å². The van der Waals surface area contributed by atoms with Crippen LogP contribution in [0.4, 0.5) is 8.78 Å². The van der Waals surface area contributed by atoms with Crippen molar-refractivity contribution in [3.05, 3.63) is 33.8 Å². The molecule has 0 aromatic heterocycles. The first-order valence-electron chi connectivity index (χ1n) is 5.11. The molecule has 1 saturated heterocycles. The molecule has 2 unspecified atom stereocenters. The maximum Gasteiger partial charge on any atom is 0.137 e. The number of nitrogens with two attached hydrogens (primary N) is 1. The first-order chi connectivity index (χ1) is 7.59. The van der Waals surface area contributed by atoms with Gasteiger partial charge in [0.15, 0.2) is 0 Å². The second kappa shape index (κ2) is 4.77. The van der Waals surface area contributed by atoms with Gasteiger partial charge in [0.1, 0.15) is 11.6 Å². The topological polar surface area (TPSA) is 35.2 Å². The quantitative estimate of drug-likeness (QED) is 0.851. The van der Waals surface area contributed by atoms with Crippen LogP contribution >= 0.6 is 15.9 Å². The molecule has 0 bridgehead atoms. The third kappa shape index (κ3) is 2.26. The summed E-state index contributed by atoms with van der Waals surface area (Å²) in [6.07, 6.45) is 1.49. The Morgan fingerprint density at radius 2 is 2.12 bits per heavy atom. The highest BCUT2D eigenvalue weighted by Crippen LogP contribution is 2.29. The fourth-order valence-corrected chi connectivity index (χ4v) is 2.19. The molecule has 0 radical (unpaired) electrons. The van der Waals surface area contributed by atoms with Gasteiger partial charge in [-0.2, -0.15) is 0 Å². The Morgan fingerprint density at radius 1 is 1.38 bits per heavy atom. The summed E-state index contributed by atoms with van der Waals surface area (Å²) in [6, 6.07) is 1.62. The Kier molecular flexibility index (Phi) is 3.56. The summed E-state index contributed by atoms with van der Waals surface area (Å²) in [5.41, 5.74) is 6.05. The zero-order chi connectivity index (χ0) is 11.7. The minimum absolute atomic E-state index is 0.105. The maximum atomic E-state index is 13.6. The van der Waals surface area contributed by atoms with Gasteiger partial charge in [-0.05, 0) is 40.9 Å². The number of ether oxygens (including phenoxy) is 1. The summed E-state index contributed by atoms with van der Waals surface area (Å²) in [5, 5.41) is 0. The van der Waals surface area contributed by atoms with E-state index in [9.17, 15) is 8.78 Å². The minimum Gasteiger partial charge on any atom is -0.376 e. The highest BCUT2D eigenvalue weighted by Gasteiger charge is 2.26. The molecule has 1 fully saturated rings. The molecule has 2 N–H and O–H groups in total. The van der Waals surface area contributed by atoms with Gasteiger partial charge >= 0.3 is 0 Å². The Labute approximate surface area is 101 Å². The number of hydrogen-bond donors (Lipinski definition) is 1. The van der Waals surface area contributed by atoms with Gasteiger partial charge in [0.2, 0.25) is 0 Å². The number of hydrogen-bond acceptors (Lipinski definition) is 2.